The predicted molar refractivity (Wildman–Crippen MR) is 97.0 cm³/mol. The number of carbonyl (C=O) groups is 2. The van der Waals surface area contributed by atoms with Gasteiger partial charge in [0, 0.05) is 12.7 Å². The standard InChI is InChI=1S/C20H24N2O2/c1-4-17-7-5-6-8-18(17)21-19(23)14-22(3)20(24)13-16-11-9-15(2)10-12-16/h5-12H,4,13-14H2,1-3H3,(H,21,23). The van der Waals surface area contributed by atoms with Gasteiger partial charge in [0.1, 0.15) is 0 Å². The molecule has 0 spiro atoms. The van der Waals surface area contributed by atoms with Crippen LogP contribution in [-0.4, -0.2) is 30.3 Å². The molecule has 0 heterocycles. The highest BCUT2D eigenvalue weighted by Crippen LogP contribution is 2.15. The maximum atomic E-state index is 12.3. The molecule has 2 aromatic rings. The van der Waals surface area contributed by atoms with Gasteiger partial charge in [0.05, 0.1) is 13.0 Å². The topological polar surface area (TPSA) is 49.4 Å². The average Bonchev–Trinajstić information content (AvgIpc) is 2.57. The zero-order chi connectivity index (χ0) is 17.5. The van der Waals surface area contributed by atoms with E-state index in [-0.39, 0.29) is 18.4 Å². The molecule has 0 saturated carbocycles. The highest BCUT2D eigenvalue weighted by atomic mass is 16.2. The molecule has 0 aliphatic heterocycles. The summed E-state index contributed by atoms with van der Waals surface area (Å²) in [7, 11) is 1.65. The van der Waals surface area contributed by atoms with Crippen LogP contribution in [-0.2, 0) is 22.4 Å². The fraction of sp³-hybridized carbons (Fsp3) is 0.300. The Balaban J connectivity index is 1.90. The number of para-hydroxylation sites is 1. The Morgan fingerprint density at radius 1 is 1.04 bits per heavy atom. The molecule has 4 heteroatoms. The molecule has 24 heavy (non-hydrogen) atoms. The molecule has 2 aromatic carbocycles. The van der Waals surface area contributed by atoms with Crippen LogP contribution in [0.15, 0.2) is 48.5 Å². The molecule has 0 atom stereocenters. The first-order chi connectivity index (χ1) is 11.5. The van der Waals surface area contributed by atoms with Crippen LogP contribution in [0, 0.1) is 6.92 Å². The molecule has 0 radical (unpaired) electrons. The van der Waals surface area contributed by atoms with E-state index in [0.717, 1.165) is 28.8 Å². The fourth-order valence-corrected chi connectivity index (χ4v) is 2.46. The van der Waals surface area contributed by atoms with Gasteiger partial charge in [-0.1, -0.05) is 55.0 Å². The van der Waals surface area contributed by atoms with E-state index < -0.39 is 0 Å². The predicted octanol–water partition coefficient (Wildman–Crippen LogP) is 3.20. The Morgan fingerprint density at radius 2 is 1.71 bits per heavy atom. The van der Waals surface area contributed by atoms with Crippen molar-refractivity contribution in [2.75, 3.05) is 18.9 Å². The number of rotatable bonds is 6. The summed E-state index contributed by atoms with van der Waals surface area (Å²) in [6, 6.07) is 15.6. The van der Waals surface area contributed by atoms with Crippen LogP contribution in [0.4, 0.5) is 5.69 Å². The van der Waals surface area contributed by atoms with Gasteiger partial charge >= 0.3 is 0 Å². The van der Waals surface area contributed by atoms with Gasteiger partial charge in [-0.2, -0.15) is 0 Å². The Kier molecular flexibility index (Phi) is 6.13. The molecule has 0 unspecified atom stereocenters. The van der Waals surface area contributed by atoms with Gasteiger partial charge in [-0.15, -0.1) is 0 Å². The Hall–Kier alpha value is -2.62. The van der Waals surface area contributed by atoms with Crippen LogP contribution in [0.1, 0.15) is 23.6 Å². The summed E-state index contributed by atoms with van der Waals surface area (Å²) < 4.78 is 0. The van der Waals surface area contributed by atoms with E-state index in [1.807, 2.05) is 62.4 Å². The van der Waals surface area contributed by atoms with E-state index in [4.69, 9.17) is 0 Å². The first kappa shape index (κ1) is 17.7. The molecule has 0 bridgehead atoms. The second-order valence-electron chi connectivity index (χ2n) is 5.97. The first-order valence-corrected chi connectivity index (χ1v) is 8.17. The minimum absolute atomic E-state index is 0.0444. The van der Waals surface area contributed by atoms with Crippen LogP contribution >= 0.6 is 0 Å². The molecule has 0 aliphatic carbocycles. The molecule has 0 fully saturated rings. The minimum atomic E-state index is -0.185. The zero-order valence-electron chi connectivity index (χ0n) is 14.5. The number of carbonyl (C=O) groups excluding carboxylic acids is 2. The lowest BCUT2D eigenvalue weighted by atomic mass is 10.1. The smallest absolute Gasteiger partial charge is 0.243 e. The number of anilines is 1. The number of amides is 2. The molecule has 1 N–H and O–H groups in total. The maximum absolute atomic E-state index is 12.3. The highest BCUT2D eigenvalue weighted by molar-refractivity contribution is 5.95. The van der Waals surface area contributed by atoms with Gasteiger partial charge in [0.15, 0.2) is 0 Å². The largest absolute Gasteiger partial charge is 0.336 e. The first-order valence-electron chi connectivity index (χ1n) is 8.17. The fourth-order valence-electron chi connectivity index (χ4n) is 2.46. The Bertz CT molecular complexity index is 708. The van der Waals surface area contributed by atoms with E-state index in [9.17, 15) is 9.59 Å². The molecule has 0 aliphatic rings. The third-order valence-electron chi connectivity index (χ3n) is 3.95. The zero-order valence-corrected chi connectivity index (χ0v) is 14.5. The maximum Gasteiger partial charge on any atom is 0.243 e. The number of likely N-dealkylation sites (N-methyl/N-ethyl adjacent to an activating group) is 1. The lowest BCUT2D eigenvalue weighted by Crippen LogP contribution is -2.35. The summed E-state index contributed by atoms with van der Waals surface area (Å²) in [5, 5.41) is 2.89. The lowest BCUT2D eigenvalue weighted by molar-refractivity contribution is -0.132. The molecule has 0 aromatic heterocycles. The van der Waals surface area contributed by atoms with Gasteiger partial charge < -0.3 is 10.2 Å². The number of hydrogen-bond acceptors (Lipinski definition) is 2. The number of hydrogen-bond donors (Lipinski definition) is 1. The molecule has 2 amide bonds. The summed E-state index contributed by atoms with van der Waals surface area (Å²) >= 11 is 0. The van der Waals surface area contributed by atoms with Crippen molar-refractivity contribution in [3.63, 3.8) is 0 Å². The molecular formula is C20H24N2O2. The van der Waals surface area contributed by atoms with Gasteiger partial charge in [-0.05, 0) is 30.5 Å². The summed E-state index contributed by atoms with van der Waals surface area (Å²) in [6.07, 6.45) is 1.15. The Labute approximate surface area is 143 Å². The van der Waals surface area contributed by atoms with Gasteiger partial charge in [0.25, 0.3) is 0 Å². The number of nitrogens with zero attached hydrogens (tertiary/aromatic N) is 1. The normalized spacial score (nSPS) is 10.3. The summed E-state index contributed by atoms with van der Waals surface area (Å²) in [5.41, 5.74) is 4.01. The molecule has 126 valence electrons. The lowest BCUT2D eigenvalue weighted by Gasteiger charge is -2.17. The van der Waals surface area contributed by atoms with Crippen LogP contribution in [0.5, 0.6) is 0 Å². The second kappa shape index (κ2) is 8.29. The highest BCUT2D eigenvalue weighted by Gasteiger charge is 2.14. The summed E-state index contributed by atoms with van der Waals surface area (Å²) in [4.78, 5) is 25.9. The van der Waals surface area contributed by atoms with Gasteiger partial charge in [-0.25, -0.2) is 0 Å². The van der Waals surface area contributed by atoms with E-state index in [2.05, 4.69) is 5.32 Å². The summed E-state index contributed by atoms with van der Waals surface area (Å²) in [5.74, 6) is -0.256. The monoisotopic (exact) mass is 324 g/mol. The van der Waals surface area contributed by atoms with Crippen molar-refractivity contribution >= 4 is 17.5 Å². The van der Waals surface area contributed by atoms with Crippen LogP contribution in [0.2, 0.25) is 0 Å². The molecule has 4 nitrogen and oxygen atoms in total. The minimum Gasteiger partial charge on any atom is -0.336 e. The van der Waals surface area contributed by atoms with E-state index >= 15 is 0 Å². The van der Waals surface area contributed by atoms with Crippen molar-refractivity contribution in [1.29, 1.82) is 0 Å². The van der Waals surface area contributed by atoms with Gasteiger partial charge in [0.2, 0.25) is 11.8 Å². The van der Waals surface area contributed by atoms with E-state index in [1.54, 1.807) is 7.05 Å². The van der Waals surface area contributed by atoms with Crippen LogP contribution < -0.4 is 5.32 Å². The van der Waals surface area contributed by atoms with Crippen LogP contribution in [0.25, 0.3) is 0 Å². The Morgan fingerprint density at radius 3 is 2.38 bits per heavy atom. The molecule has 2 rings (SSSR count). The van der Waals surface area contributed by atoms with Crippen molar-refractivity contribution in [1.82, 2.24) is 4.90 Å². The molecular weight excluding hydrogens is 300 g/mol. The number of nitrogens with one attached hydrogen (secondary N) is 1. The second-order valence-corrected chi connectivity index (χ2v) is 5.97. The van der Waals surface area contributed by atoms with Crippen LogP contribution in [0.3, 0.4) is 0 Å². The summed E-state index contributed by atoms with van der Waals surface area (Å²) in [6.45, 7) is 4.10. The van der Waals surface area contributed by atoms with Crippen molar-refractivity contribution in [2.45, 2.75) is 26.7 Å². The van der Waals surface area contributed by atoms with Crippen molar-refractivity contribution in [3.8, 4) is 0 Å². The van der Waals surface area contributed by atoms with Crippen molar-refractivity contribution in [2.24, 2.45) is 0 Å². The number of aryl methyl sites for hydroxylation is 2. The van der Waals surface area contributed by atoms with Crippen molar-refractivity contribution in [3.05, 3.63) is 65.2 Å². The van der Waals surface area contributed by atoms with Gasteiger partial charge in [-0.3, -0.25) is 9.59 Å². The molecule has 0 saturated heterocycles. The third-order valence-corrected chi connectivity index (χ3v) is 3.95. The quantitative estimate of drug-likeness (QED) is 0.887. The number of benzene rings is 2. The third kappa shape index (κ3) is 4.95. The average molecular weight is 324 g/mol. The van der Waals surface area contributed by atoms with E-state index in [1.165, 1.54) is 4.90 Å². The van der Waals surface area contributed by atoms with E-state index in [0.29, 0.717) is 6.42 Å². The van der Waals surface area contributed by atoms with Crippen molar-refractivity contribution < 1.29 is 9.59 Å². The SMILES string of the molecule is CCc1ccccc1NC(=O)CN(C)C(=O)Cc1ccc(C)cc1.